The van der Waals surface area contributed by atoms with E-state index >= 15 is 0 Å². The van der Waals surface area contributed by atoms with Crippen LogP contribution in [0, 0.1) is 0 Å². The van der Waals surface area contributed by atoms with Crippen molar-refractivity contribution in [1.82, 2.24) is 25.0 Å². The van der Waals surface area contributed by atoms with Gasteiger partial charge < -0.3 is 10.1 Å². The number of aromatic nitrogens is 5. The Hall–Kier alpha value is -2.90. The molecule has 0 bridgehead atoms. The average Bonchev–Trinajstić information content (AvgIpc) is 2.91. The predicted molar refractivity (Wildman–Crippen MR) is 60.8 cm³/mol. The van der Waals surface area contributed by atoms with Crippen LogP contribution in [0.25, 0.3) is 16.9 Å². The molecule has 8 nitrogen and oxygen atoms in total. The topological polar surface area (TPSA) is 117 Å². The Labute approximate surface area is 98.9 Å². The Morgan fingerprint density at radius 2 is 2.06 bits per heavy atom. The van der Waals surface area contributed by atoms with Gasteiger partial charge in [-0.15, -0.1) is 10.2 Å². The molecule has 1 aromatic carbocycles. The summed E-state index contributed by atoms with van der Waals surface area (Å²) in [5.74, 6) is -1.29. The minimum absolute atomic E-state index is 0.0371. The minimum atomic E-state index is -1.25. The molecule has 0 aliphatic carbocycles. The molecule has 0 atom stereocenters. The monoisotopic (exact) mass is 245 g/mol. The zero-order valence-electron chi connectivity index (χ0n) is 8.91. The lowest BCUT2D eigenvalue weighted by molar-refractivity contribution is 0.0690. The number of H-pyrrole nitrogens is 2. The molecule has 8 heteroatoms. The van der Waals surface area contributed by atoms with Crippen LogP contribution in [-0.4, -0.2) is 36.0 Å². The van der Waals surface area contributed by atoms with Crippen molar-refractivity contribution in [3.8, 4) is 5.82 Å². The first-order valence-electron chi connectivity index (χ1n) is 5.02. The van der Waals surface area contributed by atoms with E-state index in [2.05, 4.69) is 20.4 Å². The lowest BCUT2D eigenvalue weighted by Crippen LogP contribution is -2.17. The number of aromatic carboxylic acids is 1. The van der Waals surface area contributed by atoms with E-state index in [1.54, 1.807) is 24.3 Å². The predicted octanol–water partition coefficient (Wildman–Crippen LogP) is 0.135. The summed E-state index contributed by atoms with van der Waals surface area (Å²) in [5, 5.41) is 18.4. The summed E-state index contributed by atoms with van der Waals surface area (Å²) < 4.78 is 1.17. The van der Waals surface area contributed by atoms with Crippen molar-refractivity contribution >= 4 is 17.0 Å². The van der Waals surface area contributed by atoms with Crippen molar-refractivity contribution in [2.45, 2.75) is 0 Å². The molecule has 0 radical (unpaired) electrons. The highest BCUT2D eigenvalue weighted by molar-refractivity contribution is 5.89. The Kier molecular flexibility index (Phi) is 2.03. The maximum atomic E-state index is 11.8. The molecule has 3 rings (SSSR count). The Morgan fingerprint density at radius 3 is 2.83 bits per heavy atom. The van der Waals surface area contributed by atoms with Gasteiger partial charge in [-0.2, -0.15) is 5.21 Å². The Morgan fingerprint density at radius 1 is 1.28 bits per heavy atom. The quantitative estimate of drug-likeness (QED) is 0.593. The van der Waals surface area contributed by atoms with Crippen LogP contribution < -0.4 is 5.69 Å². The number of para-hydroxylation sites is 2. The van der Waals surface area contributed by atoms with Crippen LogP contribution in [0.2, 0.25) is 0 Å². The highest BCUT2D eigenvalue weighted by Gasteiger charge is 2.20. The first-order chi connectivity index (χ1) is 8.68. The van der Waals surface area contributed by atoms with Gasteiger partial charge in [0.25, 0.3) is 0 Å². The second-order valence-corrected chi connectivity index (χ2v) is 3.58. The average molecular weight is 245 g/mol. The van der Waals surface area contributed by atoms with E-state index in [1.807, 2.05) is 0 Å². The molecule has 90 valence electrons. The number of nitrogens with one attached hydrogen (secondary N) is 2. The minimum Gasteiger partial charge on any atom is -0.476 e. The number of hydrogen-bond donors (Lipinski definition) is 3. The molecule has 0 fully saturated rings. The maximum absolute atomic E-state index is 11.8. The summed E-state index contributed by atoms with van der Waals surface area (Å²) in [7, 11) is 0. The van der Waals surface area contributed by atoms with Crippen molar-refractivity contribution in [2.24, 2.45) is 0 Å². The molecule has 3 N–H and O–H groups in total. The largest absolute Gasteiger partial charge is 0.476 e. The number of carboxylic acids is 1. The fraction of sp³-hybridized carbons (Fsp3) is 0. The van der Waals surface area contributed by atoms with Gasteiger partial charge >= 0.3 is 11.7 Å². The molecule has 2 heterocycles. The number of benzene rings is 1. The summed E-state index contributed by atoms with van der Waals surface area (Å²) in [6.45, 7) is 0. The van der Waals surface area contributed by atoms with E-state index in [4.69, 9.17) is 5.11 Å². The molecule has 0 saturated carbocycles. The first-order valence-corrected chi connectivity index (χ1v) is 5.02. The molecule has 0 unspecified atom stereocenters. The van der Waals surface area contributed by atoms with Gasteiger partial charge in [-0.1, -0.05) is 12.1 Å². The highest BCUT2D eigenvalue weighted by atomic mass is 16.4. The van der Waals surface area contributed by atoms with E-state index in [-0.39, 0.29) is 11.5 Å². The number of hydrogen-bond acceptors (Lipinski definition) is 4. The summed E-state index contributed by atoms with van der Waals surface area (Å²) in [4.78, 5) is 25.4. The second kappa shape index (κ2) is 3.55. The zero-order valence-corrected chi connectivity index (χ0v) is 8.91. The van der Waals surface area contributed by atoms with Crippen LogP contribution in [0.5, 0.6) is 0 Å². The Balaban J connectivity index is 2.38. The van der Waals surface area contributed by atoms with Crippen LogP contribution in [0.1, 0.15) is 10.5 Å². The lowest BCUT2D eigenvalue weighted by atomic mass is 10.3. The molecule has 18 heavy (non-hydrogen) atoms. The van der Waals surface area contributed by atoms with Crippen molar-refractivity contribution < 1.29 is 9.90 Å². The van der Waals surface area contributed by atoms with Gasteiger partial charge in [0.2, 0.25) is 5.69 Å². The second-order valence-electron chi connectivity index (χ2n) is 3.58. The summed E-state index contributed by atoms with van der Waals surface area (Å²) in [6.07, 6.45) is 0. The number of fused-ring (bicyclic) bond motifs is 1. The van der Waals surface area contributed by atoms with Gasteiger partial charge in [-0.05, 0) is 12.1 Å². The fourth-order valence-electron chi connectivity index (χ4n) is 1.79. The van der Waals surface area contributed by atoms with E-state index in [0.717, 1.165) is 0 Å². The molecule has 0 amide bonds. The Bertz CT molecular complexity index is 797. The first kappa shape index (κ1) is 10.3. The number of carbonyl (C=O) groups is 1. The normalized spacial score (nSPS) is 10.9. The highest BCUT2D eigenvalue weighted by Crippen LogP contribution is 2.15. The van der Waals surface area contributed by atoms with Crippen LogP contribution in [0.3, 0.4) is 0 Å². The van der Waals surface area contributed by atoms with Crippen molar-refractivity contribution in [1.29, 1.82) is 0 Å². The third kappa shape index (κ3) is 1.32. The molecular weight excluding hydrogens is 238 g/mol. The van der Waals surface area contributed by atoms with E-state index < -0.39 is 11.7 Å². The van der Waals surface area contributed by atoms with Crippen LogP contribution in [0.4, 0.5) is 0 Å². The van der Waals surface area contributed by atoms with Crippen LogP contribution in [-0.2, 0) is 0 Å². The SMILES string of the molecule is O=C(O)c1n[nH]nc1-n1c(=O)[nH]c2ccccc21. The van der Waals surface area contributed by atoms with Crippen LogP contribution >= 0.6 is 0 Å². The fourth-order valence-corrected chi connectivity index (χ4v) is 1.79. The molecule has 0 saturated heterocycles. The lowest BCUT2D eigenvalue weighted by Gasteiger charge is -1.98. The summed E-state index contributed by atoms with van der Waals surface area (Å²) in [5.41, 5.74) is 0.371. The molecular formula is C10H7N5O3. The molecule has 2 aromatic heterocycles. The van der Waals surface area contributed by atoms with Crippen molar-refractivity contribution in [2.75, 3.05) is 0 Å². The van der Waals surface area contributed by atoms with Gasteiger partial charge in [-0.25, -0.2) is 14.2 Å². The van der Waals surface area contributed by atoms with Crippen molar-refractivity contribution in [3.63, 3.8) is 0 Å². The van der Waals surface area contributed by atoms with E-state index in [0.29, 0.717) is 11.0 Å². The third-order valence-corrected chi connectivity index (χ3v) is 2.53. The third-order valence-electron chi connectivity index (χ3n) is 2.53. The number of nitrogens with zero attached hydrogens (tertiary/aromatic N) is 3. The molecule has 0 aliphatic rings. The molecule has 0 aliphatic heterocycles. The van der Waals surface area contributed by atoms with Gasteiger partial charge in [0.1, 0.15) is 0 Å². The molecule has 0 spiro atoms. The van der Waals surface area contributed by atoms with Crippen LogP contribution in [0.15, 0.2) is 29.1 Å². The summed E-state index contributed by atoms with van der Waals surface area (Å²) >= 11 is 0. The van der Waals surface area contributed by atoms with Gasteiger partial charge in [-0.3, -0.25) is 0 Å². The summed E-state index contributed by atoms with van der Waals surface area (Å²) in [6, 6.07) is 6.91. The van der Waals surface area contributed by atoms with Gasteiger partial charge in [0, 0.05) is 0 Å². The molecule has 3 aromatic rings. The van der Waals surface area contributed by atoms with E-state index in [1.165, 1.54) is 4.57 Å². The number of carboxylic acid groups (broad SMARTS) is 1. The number of imidazole rings is 1. The number of rotatable bonds is 2. The number of aromatic amines is 2. The van der Waals surface area contributed by atoms with Crippen molar-refractivity contribution in [3.05, 3.63) is 40.4 Å². The standard InChI is InChI=1S/C10H7N5O3/c16-9(17)7-8(13-14-12-7)15-6-4-2-1-3-5(6)11-10(15)18/h1-4H,(H,11,18)(H,16,17)(H,12,13,14). The smallest absolute Gasteiger partial charge is 0.360 e. The zero-order chi connectivity index (χ0) is 12.7. The van der Waals surface area contributed by atoms with Gasteiger partial charge in [0.15, 0.2) is 5.82 Å². The van der Waals surface area contributed by atoms with E-state index in [9.17, 15) is 9.59 Å². The van der Waals surface area contributed by atoms with Gasteiger partial charge in [0.05, 0.1) is 11.0 Å². The maximum Gasteiger partial charge on any atom is 0.360 e.